The molecule has 2 rings (SSSR count). The van der Waals surface area contributed by atoms with Gasteiger partial charge in [-0.3, -0.25) is 0 Å². The van der Waals surface area contributed by atoms with Gasteiger partial charge in [-0.05, 0) is 24.6 Å². The van der Waals surface area contributed by atoms with Crippen molar-refractivity contribution in [3.63, 3.8) is 0 Å². The minimum Gasteiger partial charge on any atom is -0.360 e. The Labute approximate surface area is 82.5 Å². The maximum atomic E-state index is 5.48. The Morgan fingerprint density at radius 2 is 2.23 bits per heavy atom. The van der Waals surface area contributed by atoms with Gasteiger partial charge in [0.05, 0.1) is 0 Å². The van der Waals surface area contributed by atoms with Crippen LogP contribution in [0, 0.1) is 0 Å². The number of aromatic amines is 1. The highest BCUT2D eigenvalue weighted by molar-refractivity contribution is 7.80. The van der Waals surface area contributed by atoms with Crippen molar-refractivity contribution < 1.29 is 0 Å². The van der Waals surface area contributed by atoms with Crippen LogP contribution in [0.5, 0.6) is 0 Å². The van der Waals surface area contributed by atoms with E-state index in [1.165, 1.54) is 10.9 Å². The molecule has 0 saturated carbocycles. The normalized spacial score (nSPS) is 10.9. The molecular weight excluding hydrogens is 180 g/mol. The number of aromatic nitrogens is 1. The van der Waals surface area contributed by atoms with Crippen LogP contribution in [-0.2, 0) is 6.42 Å². The number of nitrogens with one attached hydrogen (secondary N) is 1. The molecule has 2 nitrogen and oxygen atoms in total. The van der Waals surface area contributed by atoms with Crippen molar-refractivity contribution in [2.75, 3.05) is 6.54 Å². The lowest BCUT2D eigenvalue weighted by atomic mass is 10.1. The number of hydrogen-bond acceptors (Lipinski definition) is 2. The Balaban J connectivity index is 2.50. The van der Waals surface area contributed by atoms with Gasteiger partial charge < -0.3 is 10.7 Å². The number of nitrogens with two attached hydrogens (primary N) is 1. The van der Waals surface area contributed by atoms with Crippen LogP contribution in [0.2, 0.25) is 0 Å². The zero-order valence-electron chi connectivity index (χ0n) is 7.25. The van der Waals surface area contributed by atoms with E-state index in [0.717, 1.165) is 16.8 Å². The smallest absolute Gasteiger partial charge is 0.0468 e. The number of fused-ring (bicyclic) bond motifs is 1. The number of rotatable bonds is 2. The summed E-state index contributed by atoms with van der Waals surface area (Å²) in [6, 6.07) is 6.31. The van der Waals surface area contributed by atoms with Gasteiger partial charge in [-0.2, -0.15) is 0 Å². The molecule has 1 heterocycles. The lowest BCUT2D eigenvalue weighted by molar-refractivity contribution is 0.970. The third kappa shape index (κ3) is 1.57. The zero-order chi connectivity index (χ0) is 9.26. The molecule has 0 saturated heterocycles. The summed E-state index contributed by atoms with van der Waals surface area (Å²) >= 11 is 4.33. The van der Waals surface area contributed by atoms with Gasteiger partial charge in [0.25, 0.3) is 0 Å². The molecule has 1 aromatic carbocycles. The topological polar surface area (TPSA) is 41.8 Å². The predicted molar refractivity (Wildman–Crippen MR) is 58.3 cm³/mol. The van der Waals surface area contributed by atoms with E-state index in [2.05, 4.69) is 35.8 Å². The second-order valence-corrected chi connectivity index (χ2v) is 3.57. The molecule has 0 aliphatic heterocycles. The summed E-state index contributed by atoms with van der Waals surface area (Å²) in [6.07, 6.45) is 2.83. The maximum absolute atomic E-state index is 5.48. The van der Waals surface area contributed by atoms with Crippen molar-refractivity contribution in [3.8, 4) is 0 Å². The van der Waals surface area contributed by atoms with Crippen molar-refractivity contribution in [2.45, 2.75) is 11.3 Å². The average Bonchev–Trinajstić information content (AvgIpc) is 2.48. The summed E-state index contributed by atoms with van der Waals surface area (Å²) in [6.45, 7) is 0.694. The molecule has 2 aromatic rings. The van der Waals surface area contributed by atoms with Gasteiger partial charge >= 0.3 is 0 Å². The van der Waals surface area contributed by atoms with Gasteiger partial charge in [-0.15, -0.1) is 12.6 Å². The standard InChI is InChI=1S/C10H12N2S/c11-4-3-7-1-2-8-9(5-7)12-6-10(8)13/h1-2,5-6,12-13H,3-4,11H2. The van der Waals surface area contributed by atoms with Crippen LogP contribution in [0.1, 0.15) is 5.56 Å². The zero-order valence-corrected chi connectivity index (χ0v) is 8.14. The Kier molecular flexibility index (Phi) is 2.29. The van der Waals surface area contributed by atoms with Crippen LogP contribution in [0.25, 0.3) is 10.9 Å². The fraction of sp³-hybridized carbons (Fsp3) is 0.200. The summed E-state index contributed by atoms with van der Waals surface area (Å²) in [5, 5.41) is 1.17. The van der Waals surface area contributed by atoms with Crippen LogP contribution in [0.4, 0.5) is 0 Å². The lowest BCUT2D eigenvalue weighted by Crippen LogP contribution is -2.02. The molecule has 3 heteroatoms. The Morgan fingerprint density at radius 1 is 1.38 bits per heavy atom. The highest BCUT2D eigenvalue weighted by Gasteiger charge is 2.00. The molecule has 0 aliphatic carbocycles. The third-order valence-electron chi connectivity index (χ3n) is 2.16. The van der Waals surface area contributed by atoms with E-state index in [-0.39, 0.29) is 0 Å². The van der Waals surface area contributed by atoms with E-state index in [1.54, 1.807) is 0 Å². The first-order valence-electron chi connectivity index (χ1n) is 4.30. The molecule has 0 unspecified atom stereocenters. The van der Waals surface area contributed by atoms with Crippen LogP contribution < -0.4 is 5.73 Å². The van der Waals surface area contributed by atoms with Gasteiger partial charge in [-0.25, -0.2) is 0 Å². The summed E-state index contributed by atoms with van der Waals surface area (Å²) in [4.78, 5) is 4.16. The lowest BCUT2D eigenvalue weighted by Gasteiger charge is -1.98. The second kappa shape index (κ2) is 3.44. The van der Waals surface area contributed by atoms with Crippen molar-refractivity contribution in [1.82, 2.24) is 4.98 Å². The van der Waals surface area contributed by atoms with Crippen molar-refractivity contribution in [2.24, 2.45) is 5.73 Å². The number of hydrogen-bond donors (Lipinski definition) is 3. The van der Waals surface area contributed by atoms with E-state index < -0.39 is 0 Å². The third-order valence-corrected chi connectivity index (χ3v) is 2.53. The van der Waals surface area contributed by atoms with E-state index in [4.69, 9.17) is 5.73 Å². The fourth-order valence-electron chi connectivity index (χ4n) is 1.48. The number of thiol groups is 1. The molecule has 3 N–H and O–H groups in total. The maximum Gasteiger partial charge on any atom is 0.0468 e. The van der Waals surface area contributed by atoms with Crippen molar-refractivity contribution >= 4 is 23.5 Å². The minimum atomic E-state index is 0.694. The quantitative estimate of drug-likeness (QED) is 0.625. The van der Waals surface area contributed by atoms with Gasteiger partial charge in [0, 0.05) is 22.0 Å². The van der Waals surface area contributed by atoms with Crippen molar-refractivity contribution in [3.05, 3.63) is 30.0 Å². The summed E-state index contributed by atoms with van der Waals surface area (Å²) < 4.78 is 0. The summed E-state index contributed by atoms with van der Waals surface area (Å²) in [5.74, 6) is 0. The molecule has 0 bridgehead atoms. The fourth-order valence-corrected chi connectivity index (χ4v) is 1.74. The first-order valence-corrected chi connectivity index (χ1v) is 4.75. The van der Waals surface area contributed by atoms with Crippen LogP contribution in [-0.4, -0.2) is 11.5 Å². The molecular formula is C10H12N2S. The Morgan fingerprint density at radius 3 is 3.00 bits per heavy atom. The second-order valence-electron chi connectivity index (χ2n) is 3.09. The summed E-state index contributed by atoms with van der Waals surface area (Å²) in [5.41, 5.74) is 7.89. The number of benzene rings is 1. The molecule has 13 heavy (non-hydrogen) atoms. The summed E-state index contributed by atoms with van der Waals surface area (Å²) in [7, 11) is 0. The molecule has 0 fully saturated rings. The first kappa shape index (κ1) is 8.66. The first-order chi connectivity index (χ1) is 6.31. The van der Waals surface area contributed by atoms with Gasteiger partial charge in [-0.1, -0.05) is 12.1 Å². The molecule has 0 aliphatic rings. The minimum absolute atomic E-state index is 0.694. The van der Waals surface area contributed by atoms with Crippen LogP contribution in [0.3, 0.4) is 0 Å². The molecule has 0 amide bonds. The molecule has 0 atom stereocenters. The predicted octanol–water partition coefficient (Wildman–Crippen LogP) is 1.96. The monoisotopic (exact) mass is 192 g/mol. The Hall–Kier alpha value is -0.930. The van der Waals surface area contributed by atoms with Gasteiger partial charge in [0.1, 0.15) is 0 Å². The van der Waals surface area contributed by atoms with E-state index in [9.17, 15) is 0 Å². The van der Waals surface area contributed by atoms with Crippen molar-refractivity contribution in [1.29, 1.82) is 0 Å². The number of H-pyrrole nitrogens is 1. The molecule has 1 aromatic heterocycles. The van der Waals surface area contributed by atoms with Crippen LogP contribution in [0.15, 0.2) is 29.3 Å². The molecule has 68 valence electrons. The highest BCUT2D eigenvalue weighted by Crippen LogP contribution is 2.22. The largest absolute Gasteiger partial charge is 0.360 e. The van der Waals surface area contributed by atoms with Crippen LogP contribution >= 0.6 is 12.6 Å². The SMILES string of the molecule is NCCc1ccc2c(S)c[nH]c2c1. The molecule has 0 spiro atoms. The average molecular weight is 192 g/mol. The van der Waals surface area contributed by atoms with E-state index in [0.29, 0.717) is 6.54 Å². The highest BCUT2D eigenvalue weighted by atomic mass is 32.1. The molecule has 0 radical (unpaired) electrons. The van der Waals surface area contributed by atoms with E-state index >= 15 is 0 Å². The van der Waals surface area contributed by atoms with E-state index in [1.807, 2.05) is 6.20 Å². The Bertz CT molecular complexity index is 420. The van der Waals surface area contributed by atoms with Gasteiger partial charge in [0.2, 0.25) is 0 Å². The van der Waals surface area contributed by atoms with Gasteiger partial charge in [0.15, 0.2) is 0 Å².